The Morgan fingerprint density at radius 3 is 1.81 bits per heavy atom. The molecule has 0 spiro atoms. The van der Waals surface area contributed by atoms with Crippen molar-refractivity contribution in [2.75, 3.05) is 0 Å². The van der Waals surface area contributed by atoms with Crippen molar-refractivity contribution < 1.29 is 14.3 Å². The molecule has 1 aliphatic rings. The summed E-state index contributed by atoms with van der Waals surface area (Å²) in [5, 5.41) is 0. The molecule has 1 atom stereocenters. The van der Waals surface area contributed by atoms with Gasteiger partial charge in [-0.15, -0.1) is 0 Å². The molecule has 26 heavy (non-hydrogen) atoms. The van der Waals surface area contributed by atoms with Gasteiger partial charge >= 0.3 is 0 Å². The van der Waals surface area contributed by atoms with Gasteiger partial charge in [0.1, 0.15) is 17.3 Å². The van der Waals surface area contributed by atoms with Crippen molar-refractivity contribution >= 4 is 11.6 Å². The van der Waals surface area contributed by atoms with Gasteiger partial charge in [-0.05, 0) is 19.1 Å². The van der Waals surface area contributed by atoms with E-state index < -0.39 is 5.92 Å². The van der Waals surface area contributed by atoms with E-state index in [1.54, 1.807) is 12.1 Å². The van der Waals surface area contributed by atoms with Crippen LogP contribution < -0.4 is 4.74 Å². The zero-order valence-corrected chi connectivity index (χ0v) is 14.4. The van der Waals surface area contributed by atoms with Crippen molar-refractivity contribution in [3.05, 3.63) is 95.6 Å². The highest BCUT2D eigenvalue weighted by atomic mass is 16.5. The Morgan fingerprint density at radius 2 is 1.27 bits per heavy atom. The Kier molecular flexibility index (Phi) is 4.13. The minimum atomic E-state index is -0.788. The second-order valence-electron chi connectivity index (χ2n) is 6.47. The molecule has 0 radical (unpaired) electrons. The van der Waals surface area contributed by atoms with E-state index in [4.69, 9.17) is 4.74 Å². The molecule has 3 aromatic rings. The predicted molar refractivity (Wildman–Crippen MR) is 99.7 cm³/mol. The van der Waals surface area contributed by atoms with Gasteiger partial charge in [0.05, 0.1) is 5.92 Å². The Hall–Kier alpha value is -3.20. The van der Waals surface area contributed by atoms with Crippen LogP contribution >= 0.6 is 0 Å². The number of ether oxygens (including phenoxy) is 1. The van der Waals surface area contributed by atoms with Crippen molar-refractivity contribution in [2.45, 2.75) is 12.8 Å². The smallest absolute Gasteiger partial charge is 0.174 e. The highest BCUT2D eigenvalue weighted by molar-refractivity contribution is 6.11. The average Bonchev–Trinajstić information content (AvgIpc) is 2.68. The first kappa shape index (κ1) is 16.3. The molecule has 3 aromatic carbocycles. The SMILES string of the molecule is CC(=O)[C@@H](C(=O)c1ccccc1)C1c2ccccc2Oc2ccccc21. The average molecular weight is 342 g/mol. The zero-order chi connectivity index (χ0) is 18.1. The summed E-state index contributed by atoms with van der Waals surface area (Å²) in [7, 11) is 0. The van der Waals surface area contributed by atoms with E-state index in [1.165, 1.54) is 6.92 Å². The van der Waals surface area contributed by atoms with Crippen LogP contribution in [0, 0.1) is 5.92 Å². The van der Waals surface area contributed by atoms with E-state index in [0.717, 1.165) is 11.1 Å². The van der Waals surface area contributed by atoms with E-state index >= 15 is 0 Å². The van der Waals surface area contributed by atoms with Crippen LogP contribution in [0.4, 0.5) is 0 Å². The highest BCUT2D eigenvalue weighted by Gasteiger charge is 2.39. The van der Waals surface area contributed by atoms with Crippen LogP contribution in [0.1, 0.15) is 34.3 Å². The van der Waals surface area contributed by atoms with Crippen molar-refractivity contribution in [1.29, 1.82) is 0 Å². The summed E-state index contributed by atoms with van der Waals surface area (Å²) in [6.45, 7) is 1.49. The number of benzene rings is 3. The fraction of sp³-hybridized carbons (Fsp3) is 0.130. The standard InChI is InChI=1S/C23H18O3/c1-15(24)21(23(25)16-9-3-2-4-10-16)22-17-11-5-7-13-19(17)26-20-14-8-6-12-18(20)22/h2-14,21-22H,1H3/t21-/m1/s1. The first-order valence-corrected chi connectivity index (χ1v) is 8.62. The highest BCUT2D eigenvalue weighted by Crippen LogP contribution is 2.48. The first-order chi connectivity index (χ1) is 12.7. The molecular formula is C23H18O3. The summed E-state index contributed by atoms with van der Waals surface area (Å²) in [5.41, 5.74) is 2.29. The molecule has 0 fully saturated rings. The number of hydrogen-bond acceptors (Lipinski definition) is 3. The summed E-state index contributed by atoms with van der Waals surface area (Å²) in [5.74, 6) is -0.0541. The van der Waals surface area contributed by atoms with Gasteiger partial charge < -0.3 is 4.74 Å². The number of carbonyl (C=O) groups is 2. The predicted octanol–water partition coefficient (Wildman–Crippen LogP) is 5.01. The number of rotatable bonds is 4. The van der Waals surface area contributed by atoms with E-state index in [1.807, 2.05) is 66.7 Å². The Balaban J connectivity index is 1.89. The summed E-state index contributed by atoms with van der Waals surface area (Å²) in [6, 6.07) is 24.2. The maximum Gasteiger partial charge on any atom is 0.174 e. The van der Waals surface area contributed by atoms with Gasteiger partial charge in [0.2, 0.25) is 0 Å². The zero-order valence-electron chi connectivity index (χ0n) is 14.4. The maximum atomic E-state index is 13.2. The number of ketones is 2. The molecule has 0 unspecified atom stereocenters. The number of fused-ring (bicyclic) bond motifs is 2. The minimum Gasteiger partial charge on any atom is -0.457 e. The third-order valence-corrected chi connectivity index (χ3v) is 4.84. The van der Waals surface area contributed by atoms with Crippen LogP contribution in [0.5, 0.6) is 11.5 Å². The van der Waals surface area contributed by atoms with Gasteiger partial charge in [-0.2, -0.15) is 0 Å². The molecule has 3 heteroatoms. The molecule has 0 amide bonds. The fourth-order valence-corrected chi connectivity index (χ4v) is 3.66. The quantitative estimate of drug-likeness (QED) is 0.494. The Morgan fingerprint density at radius 1 is 0.769 bits per heavy atom. The van der Waals surface area contributed by atoms with Gasteiger partial charge in [-0.3, -0.25) is 9.59 Å². The van der Waals surface area contributed by atoms with Gasteiger partial charge in [-0.1, -0.05) is 66.7 Å². The van der Waals surface area contributed by atoms with Crippen LogP contribution in [0.2, 0.25) is 0 Å². The normalized spacial score (nSPS) is 13.9. The van der Waals surface area contributed by atoms with Gasteiger partial charge in [0, 0.05) is 22.6 Å². The number of para-hydroxylation sites is 2. The first-order valence-electron chi connectivity index (χ1n) is 8.62. The fourth-order valence-electron chi connectivity index (χ4n) is 3.66. The summed E-state index contributed by atoms with van der Waals surface area (Å²) in [4.78, 5) is 25.9. The van der Waals surface area contributed by atoms with Crippen molar-refractivity contribution in [3.63, 3.8) is 0 Å². The van der Waals surface area contributed by atoms with E-state index in [2.05, 4.69) is 0 Å². The number of hydrogen-bond donors (Lipinski definition) is 0. The molecule has 1 aliphatic heterocycles. The lowest BCUT2D eigenvalue weighted by molar-refractivity contribution is -0.119. The molecule has 0 saturated carbocycles. The van der Waals surface area contributed by atoms with E-state index in [0.29, 0.717) is 17.1 Å². The van der Waals surface area contributed by atoms with Crippen LogP contribution in [0.15, 0.2) is 78.9 Å². The van der Waals surface area contributed by atoms with Crippen molar-refractivity contribution in [3.8, 4) is 11.5 Å². The molecule has 3 nitrogen and oxygen atoms in total. The van der Waals surface area contributed by atoms with Gasteiger partial charge in [0.15, 0.2) is 5.78 Å². The molecule has 1 heterocycles. The number of Topliss-reactive ketones (excluding diaryl/α,β-unsaturated/α-hetero) is 2. The molecule has 0 aliphatic carbocycles. The van der Waals surface area contributed by atoms with E-state index in [-0.39, 0.29) is 17.5 Å². The second-order valence-corrected chi connectivity index (χ2v) is 6.47. The van der Waals surface area contributed by atoms with Crippen LogP contribution in [0.25, 0.3) is 0 Å². The lowest BCUT2D eigenvalue weighted by Crippen LogP contribution is -2.31. The van der Waals surface area contributed by atoms with Crippen LogP contribution in [-0.2, 0) is 4.79 Å². The second kappa shape index (κ2) is 6.60. The lowest BCUT2D eigenvalue weighted by atomic mass is 9.74. The van der Waals surface area contributed by atoms with Crippen molar-refractivity contribution in [2.24, 2.45) is 5.92 Å². The molecule has 0 aromatic heterocycles. The summed E-state index contributed by atoms with van der Waals surface area (Å²) in [6.07, 6.45) is 0. The largest absolute Gasteiger partial charge is 0.457 e. The third-order valence-electron chi connectivity index (χ3n) is 4.84. The molecule has 0 saturated heterocycles. The number of carbonyl (C=O) groups excluding carboxylic acids is 2. The minimum absolute atomic E-state index is 0.143. The topological polar surface area (TPSA) is 43.4 Å². The van der Waals surface area contributed by atoms with Crippen molar-refractivity contribution in [1.82, 2.24) is 0 Å². The molecule has 4 rings (SSSR count). The summed E-state index contributed by atoms with van der Waals surface area (Å²) < 4.78 is 6.00. The van der Waals surface area contributed by atoms with Crippen LogP contribution in [-0.4, -0.2) is 11.6 Å². The Bertz CT molecular complexity index is 930. The maximum absolute atomic E-state index is 13.2. The van der Waals surface area contributed by atoms with Gasteiger partial charge in [-0.25, -0.2) is 0 Å². The summed E-state index contributed by atoms with van der Waals surface area (Å²) >= 11 is 0. The third kappa shape index (κ3) is 2.72. The van der Waals surface area contributed by atoms with Gasteiger partial charge in [0.25, 0.3) is 0 Å². The monoisotopic (exact) mass is 342 g/mol. The van der Waals surface area contributed by atoms with E-state index in [9.17, 15) is 9.59 Å². The Labute approximate surface area is 152 Å². The lowest BCUT2D eigenvalue weighted by Gasteiger charge is -2.32. The van der Waals surface area contributed by atoms with Crippen LogP contribution in [0.3, 0.4) is 0 Å². The molecular weight excluding hydrogens is 324 g/mol. The molecule has 0 N–H and O–H groups in total. The molecule has 128 valence electrons. The molecule has 0 bridgehead atoms.